The van der Waals surface area contributed by atoms with Gasteiger partial charge in [-0.1, -0.05) is 30.3 Å². The number of carbonyl (C=O) groups is 2. The van der Waals surface area contributed by atoms with Gasteiger partial charge in [0, 0.05) is 43.2 Å². The van der Waals surface area contributed by atoms with Crippen LogP contribution < -0.4 is 5.32 Å². The molecule has 9 nitrogen and oxygen atoms in total. The molecule has 1 aliphatic heterocycles. The minimum atomic E-state index is -0.215. The minimum absolute atomic E-state index is 0.180. The number of pyridine rings is 1. The van der Waals surface area contributed by atoms with Crippen molar-refractivity contribution in [3.8, 4) is 0 Å². The van der Waals surface area contributed by atoms with Crippen LogP contribution in [0.3, 0.4) is 0 Å². The summed E-state index contributed by atoms with van der Waals surface area (Å²) in [5.74, 6) is -0.395. The van der Waals surface area contributed by atoms with E-state index in [9.17, 15) is 9.59 Å². The van der Waals surface area contributed by atoms with E-state index in [1.165, 1.54) is 11.8 Å². The molecule has 0 unspecified atom stereocenters. The zero-order chi connectivity index (χ0) is 24.0. The largest absolute Gasteiger partial charge is 0.351 e. The second-order valence-corrected chi connectivity index (χ2v) is 8.96. The number of fused-ring (bicyclic) bond motifs is 1. The first-order chi connectivity index (χ1) is 17.2. The third-order valence-electron chi connectivity index (χ3n) is 6.07. The van der Waals surface area contributed by atoms with Crippen molar-refractivity contribution in [1.82, 2.24) is 33.7 Å². The summed E-state index contributed by atoms with van der Waals surface area (Å²) in [6, 6.07) is 14.1. The van der Waals surface area contributed by atoms with Crippen LogP contribution >= 0.6 is 11.7 Å². The number of amides is 2. The molecule has 0 radical (unpaired) electrons. The van der Waals surface area contributed by atoms with Crippen LogP contribution in [0.2, 0.25) is 0 Å². The third-order valence-corrected chi connectivity index (χ3v) is 6.55. The molecular weight excluding hydrogens is 462 g/mol. The predicted octanol–water partition coefficient (Wildman–Crippen LogP) is 2.74. The Kier molecular flexibility index (Phi) is 6.89. The summed E-state index contributed by atoms with van der Waals surface area (Å²) in [5.41, 5.74) is 4.77. The Bertz CT molecular complexity index is 1290. The summed E-state index contributed by atoms with van der Waals surface area (Å²) < 4.78 is 9.90. The highest BCUT2D eigenvalue weighted by Gasteiger charge is 2.31. The molecule has 0 bridgehead atoms. The fraction of sp³-hybridized carbons (Fsp3) is 0.280. The predicted molar refractivity (Wildman–Crippen MR) is 131 cm³/mol. The number of aromatic nitrogens is 5. The summed E-state index contributed by atoms with van der Waals surface area (Å²) in [6.45, 7) is 1.93. The molecule has 0 saturated carbocycles. The van der Waals surface area contributed by atoms with Crippen LogP contribution in [0.15, 0.2) is 61.1 Å². The van der Waals surface area contributed by atoms with E-state index in [-0.39, 0.29) is 11.8 Å². The van der Waals surface area contributed by atoms with Gasteiger partial charge in [0.1, 0.15) is 0 Å². The van der Waals surface area contributed by atoms with Crippen LogP contribution in [0.5, 0.6) is 0 Å². The normalized spacial score (nSPS) is 12.9. The maximum Gasteiger partial charge on any atom is 0.275 e. The number of carbonyl (C=O) groups excluding carboxylic acids is 2. The number of hydrogen-bond acceptors (Lipinski definition) is 7. The molecule has 2 amide bonds. The lowest BCUT2D eigenvalue weighted by Crippen LogP contribution is -2.37. The molecule has 0 spiro atoms. The molecule has 1 N–H and O–H groups in total. The Labute approximate surface area is 207 Å². The number of hydrogen-bond donors (Lipinski definition) is 1. The summed E-state index contributed by atoms with van der Waals surface area (Å²) in [6.07, 6.45) is 7.30. The first-order valence-corrected chi connectivity index (χ1v) is 12.3. The molecule has 1 aromatic carbocycles. The average Bonchev–Trinajstić information content (AvgIpc) is 3.56. The number of nitrogens with zero attached hydrogens (tertiary/aromatic N) is 6. The topological polar surface area (TPSA) is 106 Å². The van der Waals surface area contributed by atoms with E-state index in [4.69, 9.17) is 5.10 Å². The molecule has 0 aliphatic carbocycles. The van der Waals surface area contributed by atoms with Crippen LogP contribution in [-0.2, 0) is 25.9 Å². The van der Waals surface area contributed by atoms with Gasteiger partial charge in [0.15, 0.2) is 11.4 Å². The summed E-state index contributed by atoms with van der Waals surface area (Å²) in [5, 5.41) is 7.72. The molecule has 5 rings (SSSR count). The number of benzene rings is 1. The molecule has 178 valence electrons. The molecule has 1 aliphatic rings. The molecule has 3 aromatic heterocycles. The average molecular weight is 488 g/mol. The van der Waals surface area contributed by atoms with Gasteiger partial charge < -0.3 is 10.2 Å². The summed E-state index contributed by atoms with van der Waals surface area (Å²) in [4.78, 5) is 31.9. The zero-order valence-corrected chi connectivity index (χ0v) is 19.9. The highest BCUT2D eigenvalue weighted by molar-refractivity contribution is 6.99. The molecule has 0 saturated heterocycles. The highest BCUT2D eigenvalue weighted by Crippen LogP contribution is 2.25. The molecule has 0 fully saturated rings. The fourth-order valence-electron chi connectivity index (χ4n) is 4.28. The van der Waals surface area contributed by atoms with Gasteiger partial charge >= 0.3 is 0 Å². The monoisotopic (exact) mass is 487 g/mol. The lowest BCUT2D eigenvalue weighted by molar-refractivity contribution is 0.0725. The van der Waals surface area contributed by atoms with Gasteiger partial charge in [0.2, 0.25) is 0 Å². The van der Waals surface area contributed by atoms with Crippen molar-refractivity contribution in [2.24, 2.45) is 0 Å². The van der Waals surface area contributed by atoms with Gasteiger partial charge in [-0.15, -0.1) is 0 Å². The number of aryl methyl sites for hydroxylation is 1. The summed E-state index contributed by atoms with van der Waals surface area (Å²) >= 11 is 1.01. The van der Waals surface area contributed by atoms with Crippen molar-refractivity contribution < 1.29 is 9.59 Å². The van der Waals surface area contributed by atoms with Gasteiger partial charge in [-0.3, -0.25) is 19.3 Å². The third kappa shape index (κ3) is 5.27. The van der Waals surface area contributed by atoms with Crippen molar-refractivity contribution >= 4 is 23.5 Å². The Balaban J connectivity index is 1.34. The van der Waals surface area contributed by atoms with Crippen molar-refractivity contribution in [2.45, 2.75) is 32.4 Å². The first kappa shape index (κ1) is 22.9. The van der Waals surface area contributed by atoms with Crippen LogP contribution in [0.1, 0.15) is 49.8 Å². The van der Waals surface area contributed by atoms with Crippen molar-refractivity contribution in [2.75, 3.05) is 13.1 Å². The van der Waals surface area contributed by atoms with Gasteiger partial charge in [-0.05, 0) is 36.1 Å². The van der Waals surface area contributed by atoms with E-state index < -0.39 is 0 Å². The van der Waals surface area contributed by atoms with Gasteiger partial charge in [-0.2, -0.15) is 13.8 Å². The van der Waals surface area contributed by atoms with Gasteiger partial charge in [0.05, 0.1) is 31.0 Å². The molecular formula is C25H25N7O2S. The maximum atomic E-state index is 13.2. The number of nitrogens with one attached hydrogen (secondary N) is 1. The molecule has 35 heavy (non-hydrogen) atoms. The van der Waals surface area contributed by atoms with E-state index in [1.807, 2.05) is 35.0 Å². The lowest BCUT2D eigenvalue weighted by Gasteiger charge is -2.27. The van der Waals surface area contributed by atoms with Crippen LogP contribution in [0, 0.1) is 0 Å². The van der Waals surface area contributed by atoms with Gasteiger partial charge in [0.25, 0.3) is 11.8 Å². The SMILES string of the molecule is O=C(NCCCc1ccccc1)c1nn(Cc2ccncc2)c2c1CN(C(=O)c1cnsn1)CC2. The standard InChI is InChI=1S/C25H25N7O2S/c33-24(27-11-4-7-18-5-2-1-3-6-18)23-20-17-31(25(34)21-15-28-35-30-21)14-10-22(20)32(29-23)16-19-8-12-26-13-9-19/h1-3,5-6,8-9,12-13,15H,4,7,10-11,14,16-17H2,(H,27,33). The lowest BCUT2D eigenvalue weighted by atomic mass is 10.0. The smallest absolute Gasteiger partial charge is 0.275 e. The first-order valence-electron chi connectivity index (χ1n) is 11.6. The van der Waals surface area contributed by atoms with Crippen LogP contribution in [-0.4, -0.2) is 53.3 Å². The van der Waals surface area contributed by atoms with Crippen LogP contribution in [0.4, 0.5) is 0 Å². The molecule has 10 heteroatoms. The quantitative estimate of drug-likeness (QED) is 0.383. The van der Waals surface area contributed by atoms with Crippen molar-refractivity contribution in [3.05, 3.63) is 94.8 Å². The van der Waals surface area contributed by atoms with E-state index in [2.05, 4.69) is 31.2 Å². The minimum Gasteiger partial charge on any atom is -0.351 e. The Hall–Kier alpha value is -3.92. The van der Waals surface area contributed by atoms with Crippen molar-refractivity contribution in [1.29, 1.82) is 0 Å². The van der Waals surface area contributed by atoms with E-state index in [0.717, 1.165) is 41.4 Å². The van der Waals surface area contributed by atoms with Crippen LogP contribution in [0.25, 0.3) is 0 Å². The molecule has 0 atom stereocenters. The second kappa shape index (κ2) is 10.6. The Morgan fingerprint density at radius 2 is 1.89 bits per heavy atom. The molecule has 4 heterocycles. The Morgan fingerprint density at radius 1 is 1.06 bits per heavy atom. The zero-order valence-electron chi connectivity index (χ0n) is 19.1. The highest BCUT2D eigenvalue weighted by atomic mass is 32.1. The Morgan fingerprint density at radius 3 is 2.66 bits per heavy atom. The summed E-state index contributed by atoms with van der Waals surface area (Å²) in [7, 11) is 0. The number of rotatable bonds is 8. The van der Waals surface area contributed by atoms with E-state index in [0.29, 0.717) is 44.0 Å². The fourth-order valence-corrected chi connectivity index (χ4v) is 4.69. The molecule has 4 aromatic rings. The van der Waals surface area contributed by atoms with E-state index in [1.54, 1.807) is 17.3 Å². The van der Waals surface area contributed by atoms with Crippen molar-refractivity contribution in [3.63, 3.8) is 0 Å². The maximum absolute atomic E-state index is 13.2. The second-order valence-electron chi connectivity index (χ2n) is 8.40. The van der Waals surface area contributed by atoms with E-state index >= 15 is 0 Å². The van der Waals surface area contributed by atoms with Gasteiger partial charge in [-0.25, -0.2) is 0 Å².